The summed E-state index contributed by atoms with van der Waals surface area (Å²) in [6, 6.07) is 8.56. The molecule has 202 valence electrons. The van der Waals surface area contributed by atoms with E-state index in [1.165, 1.54) is 16.5 Å². The van der Waals surface area contributed by atoms with Crippen LogP contribution in [0, 0.1) is 0 Å². The fourth-order valence-corrected chi connectivity index (χ4v) is 4.92. The summed E-state index contributed by atoms with van der Waals surface area (Å²) in [5.41, 5.74) is 6.14. The third-order valence-electron chi connectivity index (χ3n) is 6.93. The van der Waals surface area contributed by atoms with Crippen LogP contribution in [0.15, 0.2) is 51.6 Å². The highest BCUT2D eigenvalue weighted by atomic mass is 16.2. The summed E-state index contributed by atoms with van der Waals surface area (Å²) in [6.45, 7) is 4.65. The minimum absolute atomic E-state index is 0.177. The number of fused-ring (bicyclic) bond motifs is 1. The number of imidazole rings is 1. The second-order valence-corrected chi connectivity index (χ2v) is 10.4. The number of aromatic nitrogens is 4. The number of nitrogens with two attached hydrogens (primary N) is 1. The van der Waals surface area contributed by atoms with Crippen LogP contribution in [0.25, 0.3) is 11.2 Å². The van der Waals surface area contributed by atoms with Crippen LogP contribution in [0.5, 0.6) is 0 Å². The molecule has 3 heterocycles. The number of rotatable bonds is 7. The van der Waals surface area contributed by atoms with Gasteiger partial charge in [0.25, 0.3) is 5.56 Å². The number of piperidine rings is 1. The van der Waals surface area contributed by atoms with Crippen molar-refractivity contribution in [3.63, 3.8) is 0 Å². The molecular formula is C27H35N7O4. The molecule has 4 rings (SSSR count). The van der Waals surface area contributed by atoms with Crippen LogP contribution in [0.2, 0.25) is 0 Å². The summed E-state index contributed by atoms with van der Waals surface area (Å²) >= 11 is 0. The average molecular weight is 522 g/mol. The van der Waals surface area contributed by atoms with E-state index in [-0.39, 0.29) is 35.9 Å². The van der Waals surface area contributed by atoms with Crippen molar-refractivity contribution in [1.82, 2.24) is 23.6 Å². The Labute approximate surface area is 220 Å². The molecule has 0 aliphatic carbocycles. The molecule has 1 atom stereocenters. The Morgan fingerprint density at radius 3 is 2.45 bits per heavy atom. The molecule has 11 heteroatoms. The molecule has 11 nitrogen and oxygen atoms in total. The molecule has 1 aliphatic heterocycles. The second-order valence-electron chi connectivity index (χ2n) is 10.4. The predicted octanol–water partition coefficient (Wildman–Crippen LogP) is 1.13. The first-order chi connectivity index (χ1) is 17.9. The van der Waals surface area contributed by atoms with Gasteiger partial charge < -0.3 is 20.1 Å². The number of carbonyl (C=O) groups excluding carboxylic acids is 2. The van der Waals surface area contributed by atoms with Gasteiger partial charge in [-0.25, -0.2) is 4.79 Å². The Bertz CT molecular complexity index is 1530. The number of hydrogen-bond donors (Lipinski definition) is 1. The molecule has 0 saturated carbocycles. The molecule has 1 aromatic carbocycles. The molecule has 2 aromatic heterocycles. The molecule has 2 N–H and O–H groups in total. The Kier molecular flexibility index (Phi) is 7.41. The first kappa shape index (κ1) is 27.1. The van der Waals surface area contributed by atoms with E-state index in [0.717, 1.165) is 10.1 Å². The van der Waals surface area contributed by atoms with Crippen molar-refractivity contribution in [1.29, 1.82) is 0 Å². The molecule has 0 bridgehead atoms. The van der Waals surface area contributed by atoms with Crippen molar-refractivity contribution in [3.8, 4) is 0 Å². The molecule has 1 aliphatic rings. The minimum Gasteiger partial charge on any atom is -0.347 e. The van der Waals surface area contributed by atoms with Crippen LogP contribution in [-0.2, 0) is 24.9 Å². The fraction of sp³-hybridized carbons (Fsp3) is 0.444. The van der Waals surface area contributed by atoms with E-state index in [2.05, 4.69) is 0 Å². The number of aryl methyl sites for hydroxylation is 1. The topological polar surface area (TPSA) is 128 Å². The number of carbonyl (C=O) groups is 2. The van der Waals surface area contributed by atoms with Crippen molar-refractivity contribution < 1.29 is 9.59 Å². The van der Waals surface area contributed by atoms with Crippen LogP contribution < -0.4 is 21.9 Å². The molecule has 1 amide bonds. The Hall–Kier alpha value is -3.99. The van der Waals surface area contributed by atoms with Gasteiger partial charge in [-0.1, -0.05) is 42.0 Å². The van der Waals surface area contributed by atoms with Gasteiger partial charge in [-0.15, -0.1) is 0 Å². The lowest BCUT2D eigenvalue weighted by Crippen LogP contribution is -2.62. The lowest BCUT2D eigenvalue weighted by atomic mass is 9.89. The van der Waals surface area contributed by atoms with Crippen molar-refractivity contribution in [2.75, 3.05) is 32.1 Å². The zero-order valence-corrected chi connectivity index (χ0v) is 22.6. The fourth-order valence-electron chi connectivity index (χ4n) is 4.92. The first-order valence-electron chi connectivity index (χ1n) is 12.6. The minimum atomic E-state index is -1.10. The molecule has 1 fully saturated rings. The number of nitrogens with zero attached hydrogens (tertiary/aromatic N) is 6. The van der Waals surface area contributed by atoms with Crippen molar-refractivity contribution in [2.45, 2.75) is 45.3 Å². The maximum atomic E-state index is 13.8. The Balaban J connectivity index is 1.87. The largest absolute Gasteiger partial charge is 0.347 e. The summed E-state index contributed by atoms with van der Waals surface area (Å²) < 4.78 is 4.00. The third-order valence-corrected chi connectivity index (χ3v) is 6.93. The number of ketones is 1. The molecule has 1 unspecified atom stereocenters. The van der Waals surface area contributed by atoms with E-state index in [1.807, 2.05) is 24.8 Å². The maximum absolute atomic E-state index is 13.8. The zero-order valence-electron chi connectivity index (χ0n) is 22.6. The number of likely N-dealkylation sites (N-methyl/N-ethyl adjacent to an activating group) is 1. The van der Waals surface area contributed by atoms with E-state index in [4.69, 9.17) is 10.7 Å². The molecule has 3 aromatic rings. The van der Waals surface area contributed by atoms with E-state index in [1.54, 1.807) is 49.0 Å². The van der Waals surface area contributed by atoms with Crippen molar-refractivity contribution in [3.05, 3.63) is 68.4 Å². The molecule has 0 spiro atoms. The molecular weight excluding hydrogens is 486 g/mol. The van der Waals surface area contributed by atoms with Crippen LogP contribution in [-0.4, -0.2) is 68.0 Å². The summed E-state index contributed by atoms with van der Waals surface area (Å²) in [7, 11) is 4.89. The highest BCUT2D eigenvalue weighted by molar-refractivity contribution is 5.96. The molecule has 38 heavy (non-hydrogen) atoms. The Morgan fingerprint density at radius 1 is 1.13 bits per heavy atom. The van der Waals surface area contributed by atoms with E-state index >= 15 is 0 Å². The van der Waals surface area contributed by atoms with Crippen molar-refractivity contribution >= 4 is 28.8 Å². The summed E-state index contributed by atoms with van der Waals surface area (Å²) in [5, 5.41) is 0. The van der Waals surface area contributed by atoms with Gasteiger partial charge in [0.1, 0.15) is 5.54 Å². The molecule has 0 radical (unpaired) electrons. The number of allylic oxidation sites excluding steroid dienone is 2. The SMILES string of the molecule is CC(C)=CCn1c(N2CCCC(N)(C(=O)N(C)C)C2)nc2c1c(=O)n(CC(=O)c1ccccc1)c(=O)n2C. The first-order valence-corrected chi connectivity index (χ1v) is 12.6. The van der Waals surface area contributed by atoms with Gasteiger partial charge in [-0.05, 0) is 26.7 Å². The van der Waals surface area contributed by atoms with Crippen LogP contribution in [0.1, 0.15) is 37.0 Å². The number of benzene rings is 1. The number of amides is 1. The quantitative estimate of drug-likeness (QED) is 0.365. The van der Waals surface area contributed by atoms with Crippen molar-refractivity contribution in [2.24, 2.45) is 12.8 Å². The Morgan fingerprint density at radius 2 is 1.82 bits per heavy atom. The molecule has 1 saturated heterocycles. The zero-order chi connectivity index (χ0) is 27.8. The van der Waals surface area contributed by atoms with Crippen LogP contribution in [0.4, 0.5) is 5.95 Å². The number of Topliss-reactive ketones (excluding diaryl/α,β-unsaturated/α-hetero) is 1. The van der Waals surface area contributed by atoms with Gasteiger partial charge in [0.05, 0.1) is 6.54 Å². The van der Waals surface area contributed by atoms with Gasteiger partial charge in [0.2, 0.25) is 11.9 Å². The van der Waals surface area contributed by atoms with E-state index < -0.39 is 16.8 Å². The lowest BCUT2D eigenvalue weighted by Gasteiger charge is -2.40. The predicted molar refractivity (Wildman–Crippen MR) is 146 cm³/mol. The monoisotopic (exact) mass is 521 g/mol. The average Bonchev–Trinajstić information content (AvgIpc) is 3.28. The highest BCUT2D eigenvalue weighted by Gasteiger charge is 2.41. The maximum Gasteiger partial charge on any atom is 0.332 e. The summed E-state index contributed by atoms with van der Waals surface area (Å²) in [4.78, 5) is 60.9. The lowest BCUT2D eigenvalue weighted by molar-refractivity contribution is -0.134. The highest BCUT2D eigenvalue weighted by Crippen LogP contribution is 2.27. The van der Waals surface area contributed by atoms with Crippen LogP contribution >= 0.6 is 0 Å². The van der Waals surface area contributed by atoms with Gasteiger partial charge in [-0.3, -0.25) is 23.5 Å². The second kappa shape index (κ2) is 10.4. The van der Waals surface area contributed by atoms with Gasteiger partial charge in [0, 0.05) is 46.3 Å². The number of hydrogen-bond acceptors (Lipinski definition) is 7. The van der Waals surface area contributed by atoms with E-state index in [9.17, 15) is 19.2 Å². The van der Waals surface area contributed by atoms with Gasteiger partial charge >= 0.3 is 5.69 Å². The smallest absolute Gasteiger partial charge is 0.332 e. The van der Waals surface area contributed by atoms with Gasteiger partial charge in [-0.2, -0.15) is 4.98 Å². The van der Waals surface area contributed by atoms with Crippen LogP contribution in [0.3, 0.4) is 0 Å². The van der Waals surface area contributed by atoms with E-state index in [0.29, 0.717) is 37.4 Å². The summed E-state index contributed by atoms with van der Waals surface area (Å²) in [5.74, 6) is -0.0629. The third kappa shape index (κ3) is 4.93. The summed E-state index contributed by atoms with van der Waals surface area (Å²) in [6.07, 6.45) is 3.15. The normalized spacial score (nSPS) is 17.5. The number of anilines is 1. The van der Waals surface area contributed by atoms with Gasteiger partial charge in [0.15, 0.2) is 16.9 Å². The standard InChI is InChI=1S/C27H35N7O4/c1-18(2)12-15-33-21-22(29-25(33)32-14-9-13-27(28,17-32)24(37)30(3)4)31(5)26(38)34(23(21)36)16-20(35)19-10-7-6-8-11-19/h6-8,10-12H,9,13-17,28H2,1-5H3.